The zero-order chi connectivity index (χ0) is 18.7. The van der Waals surface area contributed by atoms with Gasteiger partial charge >= 0.3 is 12.2 Å². The number of halogens is 3. The van der Waals surface area contributed by atoms with Gasteiger partial charge in [-0.2, -0.15) is 13.2 Å². The van der Waals surface area contributed by atoms with Gasteiger partial charge < -0.3 is 10.6 Å². The molecular weight excluding hydrogens is 383 g/mol. The van der Waals surface area contributed by atoms with E-state index in [9.17, 15) is 18.0 Å². The Morgan fingerprint density at radius 1 is 1.19 bits per heavy atom. The van der Waals surface area contributed by atoms with Crippen molar-refractivity contribution in [3.63, 3.8) is 0 Å². The molecule has 0 saturated carbocycles. The molecule has 0 unspecified atom stereocenters. The number of carbonyl (C=O) groups is 1. The summed E-state index contributed by atoms with van der Waals surface area (Å²) in [4.78, 5) is 18.4. The Bertz CT molecular complexity index is 887. The molecule has 0 radical (unpaired) electrons. The first kappa shape index (κ1) is 18.4. The lowest BCUT2D eigenvalue weighted by molar-refractivity contribution is -0.137. The van der Waals surface area contributed by atoms with Crippen LogP contribution < -0.4 is 10.6 Å². The summed E-state index contributed by atoms with van der Waals surface area (Å²) in [6.07, 6.45) is -4.40. The van der Waals surface area contributed by atoms with E-state index in [1.165, 1.54) is 23.5 Å². The Kier molecular flexibility index (Phi) is 5.28. The van der Waals surface area contributed by atoms with Gasteiger partial charge in [-0.15, -0.1) is 22.7 Å². The predicted octanol–water partition coefficient (Wildman–Crippen LogP) is 5.52. The molecule has 0 atom stereocenters. The van der Waals surface area contributed by atoms with Gasteiger partial charge in [0.25, 0.3) is 0 Å². The molecule has 0 bridgehead atoms. The van der Waals surface area contributed by atoms with E-state index in [1.54, 1.807) is 11.3 Å². The van der Waals surface area contributed by atoms with Crippen molar-refractivity contribution < 1.29 is 18.0 Å². The van der Waals surface area contributed by atoms with Crippen LogP contribution in [0.5, 0.6) is 0 Å². The number of hydrogen-bond acceptors (Lipinski definition) is 4. The first-order valence-electron chi connectivity index (χ1n) is 7.55. The standard InChI is InChI=1S/C17H14F3N3OS2/c1-10-14(26-15(22-10)13-3-2-8-25-13)9-21-16(24)23-12-6-4-11(5-7-12)17(18,19)20/h2-8H,9H2,1H3,(H2,21,23,24). The highest BCUT2D eigenvalue weighted by molar-refractivity contribution is 7.21. The number of carbonyl (C=O) groups excluding carboxylic acids is 1. The van der Waals surface area contributed by atoms with E-state index >= 15 is 0 Å². The monoisotopic (exact) mass is 397 g/mol. The van der Waals surface area contributed by atoms with Crippen LogP contribution in [0.3, 0.4) is 0 Å². The second-order valence-corrected chi connectivity index (χ2v) is 7.42. The van der Waals surface area contributed by atoms with E-state index in [2.05, 4.69) is 15.6 Å². The average Bonchev–Trinajstić information content (AvgIpc) is 3.22. The number of urea groups is 1. The fraction of sp³-hybridized carbons (Fsp3) is 0.176. The molecule has 0 fully saturated rings. The minimum absolute atomic E-state index is 0.288. The number of alkyl halides is 3. The summed E-state index contributed by atoms with van der Waals surface area (Å²) < 4.78 is 37.6. The summed E-state index contributed by atoms with van der Waals surface area (Å²) in [6.45, 7) is 2.17. The van der Waals surface area contributed by atoms with Crippen LogP contribution in [0.1, 0.15) is 16.1 Å². The van der Waals surface area contributed by atoms with Crippen LogP contribution in [0.2, 0.25) is 0 Å². The van der Waals surface area contributed by atoms with Gasteiger partial charge in [-0.1, -0.05) is 6.07 Å². The van der Waals surface area contributed by atoms with Crippen molar-refractivity contribution in [2.75, 3.05) is 5.32 Å². The van der Waals surface area contributed by atoms with E-state index in [4.69, 9.17) is 0 Å². The summed E-state index contributed by atoms with van der Waals surface area (Å²) in [7, 11) is 0. The van der Waals surface area contributed by atoms with Crippen LogP contribution in [0, 0.1) is 6.92 Å². The number of rotatable bonds is 4. The highest BCUT2D eigenvalue weighted by atomic mass is 32.1. The number of anilines is 1. The van der Waals surface area contributed by atoms with Gasteiger partial charge in [-0.25, -0.2) is 9.78 Å². The predicted molar refractivity (Wildman–Crippen MR) is 97.5 cm³/mol. The second kappa shape index (κ2) is 7.46. The van der Waals surface area contributed by atoms with Crippen molar-refractivity contribution in [3.05, 3.63) is 57.9 Å². The fourth-order valence-electron chi connectivity index (χ4n) is 2.18. The van der Waals surface area contributed by atoms with Crippen LogP contribution >= 0.6 is 22.7 Å². The first-order valence-corrected chi connectivity index (χ1v) is 9.25. The SMILES string of the molecule is Cc1nc(-c2cccs2)sc1CNC(=O)Nc1ccc(C(F)(F)F)cc1. The normalized spacial score (nSPS) is 11.4. The quantitative estimate of drug-likeness (QED) is 0.609. The molecule has 9 heteroatoms. The molecule has 0 aliphatic heterocycles. The van der Waals surface area contributed by atoms with E-state index in [0.29, 0.717) is 6.54 Å². The largest absolute Gasteiger partial charge is 0.416 e. The minimum atomic E-state index is -4.40. The van der Waals surface area contributed by atoms with Crippen molar-refractivity contribution >= 4 is 34.4 Å². The van der Waals surface area contributed by atoms with E-state index in [0.717, 1.165) is 32.6 Å². The minimum Gasteiger partial charge on any atom is -0.333 e. The van der Waals surface area contributed by atoms with E-state index in [1.807, 2.05) is 24.4 Å². The van der Waals surface area contributed by atoms with Gasteiger partial charge in [0.2, 0.25) is 0 Å². The van der Waals surface area contributed by atoms with E-state index < -0.39 is 17.8 Å². The second-order valence-electron chi connectivity index (χ2n) is 5.39. The molecule has 26 heavy (non-hydrogen) atoms. The maximum absolute atomic E-state index is 12.5. The van der Waals surface area contributed by atoms with Gasteiger partial charge in [0.05, 0.1) is 22.7 Å². The van der Waals surface area contributed by atoms with Crippen molar-refractivity contribution in [2.24, 2.45) is 0 Å². The number of nitrogens with one attached hydrogen (secondary N) is 2. The molecule has 2 aromatic heterocycles. The molecule has 0 aliphatic carbocycles. The Balaban J connectivity index is 1.58. The maximum Gasteiger partial charge on any atom is 0.416 e. The molecule has 0 aliphatic rings. The lowest BCUT2D eigenvalue weighted by atomic mass is 10.2. The lowest BCUT2D eigenvalue weighted by Gasteiger charge is -2.09. The van der Waals surface area contributed by atoms with Crippen molar-refractivity contribution in [1.29, 1.82) is 0 Å². The van der Waals surface area contributed by atoms with E-state index in [-0.39, 0.29) is 5.69 Å². The van der Waals surface area contributed by atoms with Crippen LogP contribution in [-0.4, -0.2) is 11.0 Å². The van der Waals surface area contributed by atoms with Gasteiger partial charge in [-0.3, -0.25) is 0 Å². The number of thiazole rings is 1. The number of amides is 2. The Labute approximate surface area is 155 Å². The highest BCUT2D eigenvalue weighted by Gasteiger charge is 2.29. The topological polar surface area (TPSA) is 54.0 Å². The maximum atomic E-state index is 12.5. The van der Waals surface area contributed by atoms with Crippen LogP contribution in [-0.2, 0) is 12.7 Å². The average molecular weight is 397 g/mol. The number of nitrogens with zero attached hydrogens (tertiary/aromatic N) is 1. The third-order valence-electron chi connectivity index (χ3n) is 3.50. The molecule has 136 valence electrons. The number of benzene rings is 1. The van der Waals surface area contributed by atoms with Crippen molar-refractivity contribution in [3.8, 4) is 9.88 Å². The van der Waals surface area contributed by atoms with Gasteiger partial charge in [0, 0.05) is 10.6 Å². The summed E-state index contributed by atoms with van der Waals surface area (Å²) in [5.74, 6) is 0. The molecule has 0 spiro atoms. The zero-order valence-electron chi connectivity index (χ0n) is 13.6. The molecule has 2 heterocycles. The Hall–Kier alpha value is -2.39. The number of aromatic nitrogens is 1. The fourth-order valence-corrected chi connectivity index (χ4v) is 3.98. The molecule has 2 N–H and O–H groups in total. The molecule has 3 aromatic rings. The van der Waals surface area contributed by atoms with Crippen LogP contribution in [0.15, 0.2) is 41.8 Å². The van der Waals surface area contributed by atoms with Crippen LogP contribution in [0.25, 0.3) is 9.88 Å². The molecule has 2 amide bonds. The zero-order valence-corrected chi connectivity index (χ0v) is 15.2. The van der Waals surface area contributed by atoms with Crippen molar-refractivity contribution in [1.82, 2.24) is 10.3 Å². The number of hydrogen-bond donors (Lipinski definition) is 2. The molecule has 4 nitrogen and oxygen atoms in total. The smallest absolute Gasteiger partial charge is 0.333 e. The lowest BCUT2D eigenvalue weighted by Crippen LogP contribution is -2.28. The molecule has 3 rings (SSSR count). The van der Waals surface area contributed by atoms with Crippen molar-refractivity contribution in [2.45, 2.75) is 19.6 Å². The number of thiophene rings is 1. The van der Waals surface area contributed by atoms with Gasteiger partial charge in [-0.05, 0) is 42.6 Å². The molecule has 1 aromatic carbocycles. The molecule has 0 saturated heterocycles. The summed E-state index contributed by atoms with van der Waals surface area (Å²) in [5, 5.41) is 8.08. The summed E-state index contributed by atoms with van der Waals surface area (Å²) in [5.41, 5.74) is 0.369. The first-order chi connectivity index (χ1) is 12.3. The van der Waals surface area contributed by atoms with Crippen LogP contribution in [0.4, 0.5) is 23.7 Å². The Morgan fingerprint density at radius 2 is 1.92 bits per heavy atom. The third kappa shape index (κ3) is 4.41. The van der Waals surface area contributed by atoms with Gasteiger partial charge in [0.1, 0.15) is 5.01 Å². The third-order valence-corrected chi connectivity index (χ3v) is 5.70. The van der Waals surface area contributed by atoms with Gasteiger partial charge in [0.15, 0.2) is 0 Å². The highest BCUT2D eigenvalue weighted by Crippen LogP contribution is 2.31. The number of aryl methyl sites for hydroxylation is 1. The molecular formula is C17H14F3N3OS2. The summed E-state index contributed by atoms with van der Waals surface area (Å²) in [6, 6.07) is 7.73. The Morgan fingerprint density at radius 3 is 2.54 bits per heavy atom. The summed E-state index contributed by atoms with van der Waals surface area (Å²) >= 11 is 3.10.